The molecule has 354 valence electrons. The summed E-state index contributed by atoms with van der Waals surface area (Å²) < 4.78 is 10.1. The maximum Gasteiger partial charge on any atom is 0.160 e. The Morgan fingerprint density at radius 3 is 1.14 bits per heavy atom. The van der Waals surface area contributed by atoms with Gasteiger partial charge in [-0.25, -0.2) is 9.97 Å². The summed E-state index contributed by atoms with van der Waals surface area (Å²) in [7, 11) is 0. The van der Waals surface area contributed by atoms with Crippen molar-refractivity contribution >= 4 is 107 Å². The maximum absolute atomic E-state index is 5.34. The third kappa shape index (κ3) is 6.89. The second kappa shape index (κ2) is 17.0. The van der Waals surface area contributed by atoms with E-state index in [2.05, 4.69) is 258 Å². The second-order valence-electron chi connectivity index (χ2n) is 19.7. The number of hydrogen-bond acceptors (Lipinski definition) is 4. The van der Waals surface area contributed by atoms with E-state index in [0.29, 0.717) is 5.82 Å². The Balaban J connectivity index is 0.827. The minimum absolute atomic E-state index is 0.678. The summed E-state index contributed by atoms with van der Waals surface area (Å²) in [6.07, 6.45) is 0. The van der Waals surface area contributed by atoms with Crippen LogP contribution < -0.4 is 0 Å². The van der Waals surface area contributed by atoms with Crippen LogP contribution in [0, 0.1) is 0 Å². The van der Waals surface area contributed by atoms with Crippen molar-refractivity contribution in [2.45, 2.75) is 0 Å². The summed E-state index contributed by atoms with van der Waals surface area (Å²) in [5, 5.41) is 10.1. The summed E-state index contributed by atoms with van der Waals surface area (Å²) in [6, 6.07) is 92.8. The molecule has 0 unspecified atom stereocenters. The Hall–Kier alpha value is -9.46. The van der Waals surface area contributed by atoms with E-state index < -0.39 is 0 Å². The molecule has 76 heavy (non-hydrogen) atoms. The first kappa shape index (κ1) is 43.0. The average Bonchev–Trinajstić information content (AvgIpc) is 4.26. The van der Waals surface area contributed by atoms with Gasteiger partial charge >= 0.3 is 0 Å². The van der Waals surface area contributed by atoms with E-state index in [1.165, 1.54) is 84.1 Å². The van der Waals surface area contributed by atoms with Crippen molar-refractivity contribution in [3.05, 3.63) is 255 Å². The number of thiophene rings is 2. The first-order valence-electron chi connectivity index (χ1n) is 25.7. The molecule has 6 heteroatoms. The summed E-state index contributed by atoms with van der Waals surface area (Å²) in [4.78, 5) is 10.7. The fraction of sp³-hybridized carbons (Fsp3) is 0. The Kier molecular flexibility index (Phi) is 9.64. The summed E-state index contributed by atoms with van der Waals surface area (Å²) in [5.74, 6) is 0.678. The topological polar surface area (TPSA) is 35.6 Å². The lowest BCUT2D eigenvalue weighted by Crippen LogP contribution is -1.99. The lowest BCUT2D eigenvalue weighted by Gasteiger charge is -2.14. The van der Waals surface area contributed by atoms with Gasteiger partial charge < -0.3 is 9.13 Å². The highest BCUT2D eigenvalue weighted by Crippen LogP contribution is 2.42. The summed E-state index contributed by atoms with van der Waals surface area (Å²) >= 11 is 3.71. The minimum atomic E-state index is 0.678. The van der Waals surface area contributed by atoms with E-state index in [1.807, 2.05) is 28.7 Å². The van der Waals surface area contributed by atoms with Crippen molar-refractivity contribution in [3.8, 4) is 67.5 Å². The molecule has 0 saturated carbocycles. The number of aromatic nitrogens is 4. The number of benzene rings is 11. The fourth-order valence-electron chi connectivity index (χ4n) is 11.7. The number of hydrogen-bond donors (Lipinski definition) is 0. The van der Waals surface area contributed by atoms with Gasteiger partial charge in [-0.05, 0) is 113 Å². The molecule has 16 rings (SSSR count). The van der Waals surface area contributed by atoms with Gasteiger partial charge in [-0.1, -0.05) is 164 Å². The van der Waals surface area contributed by atoms with Gasteiger partial charge in [0.25, 0.3) is 0 Å². The lowest BCUT2D eigenvalue weighted by atomic mass is 10.0. The fourth-order valence-corrected chi connectivity index (χ4v) is 13.9. The molecule has 0 N–H and O–H groups in total. The van der Waals surface area contributed by atoms with Crippen LogP contribution in [0.4, 0.5) is 0 Å². The minimum Gasteiger partial charge on any atom is -0.309 e. The van der Waals surface area contributed by atoms with Crippen LogP contribution in [-0.2, 0) is 0 Å². The molecule has 0 bridgehead atoms. The van der Waals surface area contributed by atoms with Crippen molar-refractivity contribution in [2.75, 3.05) is 0 Å². The maximum atomic E-state index is 5.34. The molecule has 0 radical (unpaired) electrons. The normalized spacial score (nSPS) is 11.9. The molecule has 4 nitrogen and oxygen atoms in total. The van der Waals surface area contributed by atoms with Crippen LogP contribution in [0.5, 0.6) is 0 Å². The van der Waals surface area contributed by atoms with Gasteiger partial charge in [0.2, 0.25) is 0 Å². The van der Waals surface area contributed by atoms with Crippen molar-refractivity contribution in [3.63, 3.8) is 0 Å². The summed E-state index contributed by atoms with van der Waals surface area (Å²) in [5.41, 5.74) is 16.2. The molecule has 11 aromatic carbocycles. The van der Waals surface area contributed by atoms with Crippen LogP contribution in [0.25, 0.3) is 151 Å². The monoisotopic (exact) mass is 1000 g/mol. The average molecular weight is 1000 g/mol. The Morgan fingerprint density at radius 2 is 0.632 bits per heavy atom. The predicted octanol–water partition coefficient (Wildman–Crippen LogP) is 19.7. The lowest BCUT2D eigenvalue weighted by molar-refractivity contribution is 1.16. The van der Waals surface area contributed by atoms with Crippen LogP contribution in [0.15, 0.2) is 255 Å². The quantitative estimate of drug-likeness (QED) is 0.159. The molecular formula is C70H42N4S2. The number of fused-ring (bicyclic) bond motifs is 12. The molecule has 0 saturated heterocycles. The number of para-hydroxylation sites is 2. The molecule has 5 aromatic heterocycles. The molecule has 0 aliphatic carbocycles. The largest absolute Gasteiger partial charge is 0.309 e. The van der Waals surface area contributed by atoms with Crippen LogP contribution in [0.2, 0.25) is 0 Å². The van der Waals surface area contributed by atoms with Gasteiger partial charge in [0.1, 0.15) is 0 Å². The standard InChI is InChI=1S/C70H42N4S2/c1-2-14-43(15-3-1)70-71-60(48-16-12-18-50(36-48)73-62-24-8-4-20-52(62)54-32-28-46(40-64(54)73)44-30-34-68-58(38-44)56-22-6-10-26-66(56)75-68)42-61(72-70)49-17-13-19-51(37-49)74-63-25-9-5-21-53(63)55-33-29-47(41-65(55)74)45-31-35-69-59(39-45)57-23-7-11-27-67(57)76-69/h1-42H. The Labute approximate surface area is 445 Å². The molecule has 5 heterocycles. The van der Waals surface area contributed by atoms with Crippen molar-refractivity contribution in [1.82, 2.24) is 19.1 Å². The van der Waals surface area contributed by atoms with Crippen molar-refractivity contribution < 1.29 is 0 Å². The Morgan fingerprint density at radius 1 is 0.237 bits per heavy atom. The van der Waals surface area contributed by atoms with Crippen molar-refractivity contribution in [1.29, 1.82) is 0 Å². The molecule has 0 fully saturated rings. The highest BCUT2D eigenvalue weighted by atomic mass is 32.1. The number of nitrogens with zero attached hydrogens (tertiary/aromatic N) is 4. The van der Waals surface area contributed by atoms with Gasteiger partial charge in [0, 0.05) is 90.0 Å². The molecule has 0 atom stereocenters. The highest BCUT2D eigenvalue weighted by Gasteiger charge is 2.19. The third-order valence-electron chi connectivity index (χ3n) is 15.3. The zero-order valence-electron chi connectivity index (χ0n) is 40.9. The van der Waals surface area contributed by atoms with Gasteiger partial charge in [0.05, 0.1) is 33.5 Å². The zero-order valence-corrected chi connectivity index (χ0v) is 42.5. The predicted molar refractivity (Wildman–Crippen MR) is 324 cm³/mol. The molecule has 0 amide bonds. The molecule has 0 aliphatic heterocycles. The number of rotatable bonds is 7. The third-order valence-corrected chi connectivity index (χ3v) is 17.6. The first-order valence-corrected chi connectivity index (χ1v) is 27.3. The zero-order chi connectivity index (χ0) is 49.8. The van der Waals surface area contributed by atoms with E-state index in [4.69, 9.17) is 9.97 Å². The van der Waals surface area contributed by atoms with E-state index in [-0.39, 0.29) is 0 Å². The first-order chi connectivity index (χ1) is 37.6. The van der Waals surface area contributed by atoms with Crippen LogP contribution in [0.3, 0.4) is 0 Å². The van der Waals surface area contributed by atoms with E-state index >= 15 is 0 Å². The van der Waals surface area contributed by atoms with Gasteiger partial charge in [-0.15, -0.1) is 22.7 Å². The van der Waals surface area contributed by atoms with Crippen LogP contribution in [0.1, 0.15) is 0 Å². The van der Waals surface area contributed by atoms with Gasteiger partial charge in [-0.2, -0.15) is 0 Å². The summed E-state index contributed by atoms with van der Waals surface area (Å²) in [6.45, 7) is 0. The van der Waals surface area contributed by atoms with Crippen LogP contribution >= 0.6 is 22.7 Å². The molecular weight excluding hydrogens is 961 g/mol. The molecule has 0 aliphatic rings. The highest BCUT2D eigenvalue weighted by molar-refractivity contribution is 7.26. The molecule has 0 spiro atoms. The van der Waals surface area contributed by atoms with Crippen molar-refractivity contribution in [2.24, 2.45) is 0 Å². The van der Waals surface area contributed by atoms with Gasteiger partial charge in [0.15, 0.2) is 5.82 Å². The van der Waals surface area contributed by atoms with E-state index in [0.717, 1.165) is 61.5 Å². The smallest absolute Gasteiger partial charge is 0.160 e. The van der Waals surface area contributed by atoms with Crippen LogP contribution in [-0.4, -0.2) is 19.1 Å². The molecule has 16 aromatic rings. The van der Waals surface area contributed by atoms with Gasteiger partial charge in [-0.3, -0.25) is 0 Å². The second-order valence-corrected chi connectivity index (χ2v) is 21.9. The Bertz CT molecular complexity index is 4720. The van der Waals surface area contributed by atoms with E-state index in [9.17, 15) is 0 Å². The SMILES string of the molecule is c1ccc(-c2nc(-c3cccc(-n4c5ccccc5c5ccc(-c6ccc7sc8ccccc8c7c6)cc54)c3)cc(-c3cccc(-n4c5ccccc5c5ccc(-c6ccc7sc8ccccc8c7c6)cc54)c3)n2)cc1. The van der Waals surface area contributed by atoms with E-state index in [1.54, 1.807) is 0 Å².